The second kappa shape index (κ2) is 6.63. The maximum atomic E-state index is 12.3. The van der Waals surface area contributed by atoms with E-state index in [-0.39, 0.29) is 5.91 Å². The summed E-state index contributed by atoms with van der Waals surface area (Å²) in [7, 11) is 0. The molecule has 110 valence electrons. The lowest BCUT2D eigenvalue weighted by atomic mass is 10.1. The second-order valence-electron chi connectivity index (χ2n) is 4.61. The predicted molar refractivity (Wildman–Crippen MR) is 88.9 cm³/mol. The predicted octanol–water partition coefficient (Wildman–Crippen LogP) is 3.99. The molecule has 0 atom stereocenters. The van der Waals surface area contributed by atoms with Gasteiger partial charge >= 0.3 is 0 Å². The Hall–Kier alpha value is -2.01. The molecule has 5 heteroatoms. The first kappa shape index (κ1) is 15.4. The molecule has 0 saturated carbocycles. The minimum absolute atomic E-state index is 0.190. The Labute approximate surface area is 132 Å². The zero-order chi connectivity index (χ0) is 15.4. The Kier molecular flexibility index (Phi) is 4.85. The van der Waals surface area contributed by atoms with E-state index in [2.05, 4.69) is 21.2 Å². The Morgan fingerprint density at radius 1 is 1.33 bits per heavy atom. The molecule has 0 saturated heterocycles. The van der Waals surface area contributed by atoms with E-state index in [1.54, 1.807) is 24.3 Å². The fraction of sp³-hybridized carbons (Fsp3) is 0.188. The molecule has 3 N–H and O–H groups in total. The number of hydrogen-bond acceptors (Lipinski definition) is 3. The minimum Gasteiger partial charge on any atom is -0.494 e. The number of aryl methyl sites for hydroxylation is 1. The van der Waals surface area contributed by atoms with Crippen LogP contribution in [0.4, 0.5) is 11.4 Å². The number of nitrogen functional groups attached to an aromatic ring is 1. The Morgan fingerprint density at radius 3 is 2.76 bits per heavy atom. The summed E-state index contributed by atoms with van der Waals surface area (Å²) < 4.78 is 6.16. The Bertz CT molecular complexity index is 648. The molecule has 0 aliphatic carbocycles. The van der Waals surface area contributed by atoms with Crippen LogP contribution in [0.3, 0.4) is 0 Å². The lowest BCUT2D eigenvalue weighted by molar-refractivity contribution is 0.102. The standard InChI is InChI=1S/C16H17BrN2O2/c1-3-21-13-6-4-5-11(8-13)16(20)19-15-10(2)7-12(18)9-14(15)17/h4-9H,3,18H2,1-2H3,(H,19,20). The van der Waals surface area contributed by atoms with Crippen LogP contribution in [0, 0.1) is 6.92 Å². The van der Waals surface area contributed by atoms with Crippen LogP contribution in [0.15, 0.2) is 40.9 Å². The van der Waals surface area contributed by atoms with E-state index in [4.69, 9.17) is 10.5 Å². The molecule has 0 unspecified atom stereocenters. The van der Waals surface area contributed by atoms with E-state index in [9.17, 15) is 4.79 Å². The maximum absolute atomic E-state index is 12.3. The maximum Gasteiger partial charge on any atom is 0.255 e. The molecule has 0 spiro atoms. The van der Waals surface area contributed by atoms with Gasteiger partial charge in [-0.15, -0.1) is 0 Å². The second-order valence-corrected chi connectivity index (χ2v) is 5.46. The van der Waals surface area contributed by atoms with Gasteiger partial charge in [-0.25, -0.2) is 0 Å². The van der Waals surface area contributed by atoms with Gasteiger partial charge in [0.1, 0.15) is 5.75 Å². The first-order valence-electron chi connectivity index (χ1n) is 6.61. The third kappa shape index (κ3) is 3.76. The molecule has 2 rings (SSSR count). The van der Waals surface area contributed by atoms with Gasteiger partial charge in [0.2, 0.25) is 0 Å². The summed E-state index contributed by atoms with van der Waals surface area (Å²) in [6.07, 6.45) is 0. The smallest absolute Gasteiger partial charge is 0.255 e. The van der Waals surface area contributed by atoms with Gasteiger partial charge in [-0.3, -0.25) is 4.79 Å². The number of nitrogens with one attached hydrogen (secondary N) is 1. The summed E-state index contributed by atoms with van der Waals surface area (Å²) in [6, 6.07) is 10.7. The fourth-order valence-corrected chi connectivity index (χ4v) is 2.68. The Morgan fingerprint density at radius 2 is 2.10 bits per heavy atom. The van der Waals surface area contributed by atoms with Crippen molar-refractivity contribution in [2.24, 2.45) is 0 Å². The summed E-state index contributed by atoms with van der Waals surface area (Å²) in [5.74, 6) is 0.489. The van der Waals surface area contributed by atoms with Gasteiger partial charge in [-0.2, -0.15) is 0 Å². The molecule has 2 aromatic carbocycles. The van der Waals surface area contributed by atoms with Crippen molar-refractivity contribution in [2.45, 2.75) is 13.8 Å². The van der Waals surface area contributed by atoms with Crippen molar-refractivity contribution in [2.75, 3.05) is 17.7 Å². The quantitative estimate of drug-likeness (QED) is 0.821. The van der Waals surface area contributed by atoms with E-state index in [0.29, 0.717) is 23.6 Å². The van der Waals surface area contributed by atoms with Gasteiger partial charge in [0, 0.05) is 15.7 Å². The topological polar surface area (TPSA) is 64.3 Å². The first-order chi connectivity index (χ1) is 10.0. The summed E-state index contributed by atoms with van der Waals surface area (Å²) in [6.45, 7) is 4.36. The van der Waals surface area contributed by atoms with E-state index >= 15 is 0 Å². The highest BCUT2D eigenvalue weighted by molar-refractivity contribution is 9.10. The number of amides is 1. The number of anilines is 2. The van der Waals surface area contributed by atoms with Crippen molar-refractivity contribution in [1.29, 1.82) is 0 Å². The number of halogens is 1. The van der Waals surface area contributed by atoms with Crippen molar-refractivity contribution in [3.63, 3.8) is 0 Å². The van der Waals surface area contributed by atoms with Crippen molar-refractivity contribution in [3.05, 3.63) is 52.0 Å². The van der Waals surface area contributed by atoms with E-state index in [1.165, 1.54) is 0 Å². The highest BCUT2D eigenvalue weighted by atomic mass is 79.9. The number of hydrogen-bond donors (Lipinski definition) is 2. The van der Waals surface area contributed by atoms with E-state index in [1.807, 2.05) is 26.0 Å². The van der Waals surface area contributed by atoms with Crippen LogP contribution >= 0.6 is 15.9 Å². The molecule has 0 bridgehead atoms. The lowest BCUT2D eigenvalue weighted by Gasteiger charge is -2.12. The number of rotatable bonds is 4. The third-order valence-corrected chi connectivity index (χ3v) is 3.58. The highest BCUT2D eigenvalue weighted by Gasteiger charge is 2.12. The molecular formula is C16H17BrN2O2. The molecular weight excluding hydrogens is 332 g/mol. The van der Waals surface area contributed by atoms with Crippen LogP contribution in [-0.2, 0) is 0 Å². The van der Waals surface area contributed by atoms with Crippen LogP contribution in [0.2, 0.25) is 0 Å². The van der Waals surface area contributed by atoms with E-state index in [0.717, 1.165) is 15.7 Å². The van der Waals surface area contributed by atoms with Crippen molar-refractivity contribution in [3.8, 4) is 5.75 Å². The number of benzene rings is 2. The lowest BCUT2D eigenvalue weighted by Crippen LogP contribution is -2.13. The summed E-state index contributed by atoms with van der Waals surface area (Å²) in [5, 5.41) is 2.89. The van der Waals surface area contributed by atoms with Gasteiger partial charge in [-0.1, -0.05) is 6.07 Å². The molecule has 0 aliphatic heterocycles. The highest BCUT2D eigenvalue weighted by Crippen LogP contribution is 2.29. The number of carbonyl (C=O) groups excluding carboxylic acids is 1. The monoisotopic (exact) mass is 348 g/mol. The van der Waals surface area contributed by atoms with Gasteiger partial charge in [-0.05, 0) is 65.7 Å². The normalized spacial score (nSPS) is 10.2. The van der Waals surface area contributed by atoms with Crippen LogP contribution in [-0.4, -0.2) is 12.5 Å². The third-order valence-electron chi connectivity index (χ3n) is 2.96. The molecule has 0 heterocycles. The van der Waals surface area contributed by atoms with E-state index < -0.39 is 0 Å². The van der Waals surface area contributed by atoms with Gasteiger partial charge in [0.25, 0.3) is 5.91 Å². The van der Waals surface area contributed by atoms with Crippen LogP contribution in [0.5, 0.6) is 5.75 Å². The largest absolute Gasteiger partial charge is 0.494 e. The van der Waals surface area contributed by atoms with Crippen molar-refractivity contribution < 1.29 is 9.53 Å². The molecule has 2 aromatic rings. The molecule has 1 amide bonds. The summed E-state index contributed by atoms with van der Waals surface area (Å²) >= 11 is 3.42. The first-order valence-corrected chi connectivity index (χ1v) is 7.40. The molecule has 0 aromatic heterocycles. The SMILES string of the molecule is CCOc1cccc(C(=O)Nc2c(C)cc(N)cc2Br)c1. The van der Waals surface area contributed by atoms with Gasteiger partial charge in [0.05, 0.1) is 12.3 Å². The van der Waals surface area contributed by atoms with Crippen molar-refractivity contribution in [1.82, 2.24) is 0 Å². The van der Waals surface area contributed by atoms with Crippen LogP contribution in [0.1, 0.15) is 22.8 Å². The van der Waals surface area contributed by atoms with Crippen LogP contribution < -0.4 is 15.8 Å². The van der Waals surface area contributed by atoms with Crippen molar-refractivity contribution >= 4 is 33.2 Å². The molecule has 0 fully saturated rings. The fourth-order valence-electron chi connectivity index (χ4n) is 2.01. The van der Waals surface area contributed by atoms with Crippen LogP contribution in [0.25, 0.3) is 0 Å². The van der Waals surface area contributed by atoms with Gasteiger partial charge < -0.3 is 15.8 Å². The zero-order valence-electron chi connectivity index (χ0n) is 11.9. The molecule has 21 heavy (non-hydrogen) atoms. The summed E-state index contributed by atoms with van der Waals surface area (Å²) in [5.41, 5.74) is 8.58. The minimum atomic E-state index is -0.190. The average Bonchev–Trinajstić information content (AvgIpc) is 2.43. The molecule has 4 nitrogen and oxygen atoms in total. The number of carbonyl (C=O) groups is 1. The van der Waals surface area contributed by atoms with Gasteiger partial charge in [0.15, 0.2) is 0 Å². The number of ether oxygens (including phenoxy) is 1. The molecule has 0 radical (unpaired) electrons. The zero-order valence-corrected chi connectivity index (χ0v) is 13.5. The molecule has 0 aliphatic rings. The average molecular weight is 349 g/mol. The summed E-state index contributed by atoms with van der Waals surface area (Å²) in [4.78, 5) is 12.3. The Balaban J connectivity index is 2.24. The number of nitrogens with two attached hydrogens (primary N) is 1.